The van der Waals surface area contributed by atoms with E-state index in [1.54, 1.807) is 19.2 Å². The molecule has 1 heterocycles. The Labute approximate surface area is 137 Å². The Morgan fingerprint density at radius 3 is 2.55 bits per heavy atom. The second-order valence-electron chi connectivity index (χ2n) is 5.70. The number of ether oxygens (including phenoxy) is 1. The van der Waals surface area contributed by atoms with Crippen molar-refractivity contribution in [3.63, 3.8) is 0 Å². The standard InChI is InChI=1S/C18H20FNO.ClH/c1-20-10-9-18(13-3-5-15(19)6-4-13)17-8-7-16(21-2)11-14(17)12-20;/h3-8,11,18H,9-10,12H2,1-2H3;1H. The maximum Gasteiger partial charge on any atom is 0.123 e. The molecular weight excluding hydrogens is 301 g/mol. The van der Waals surface area contributed by atoms with Crippen molar-refractivity contribution in [3.8, 4) is 5.75 Å². The molecule has 1 aliphatic heterocycles. The number of methoxy groups -OCH3 is 1. The third kappa shape index (κ3) is 3.42. The minimum Gasteiger partial charge on any atom is -0.497 e. The molecule has 22 heavy (non-hydrogen) atoms. The van der Waals surface area contributed by atoms with Crippen molar-refractivity contribution in [3.05, 3.63) is 65.0 Å². The summed E-state index contributed by atoms with van der Waals surface area (Å²) < 4.78 is 18.5. The molecule has 2 nitrogen and oxygen atoms in total. The van der Waals surface area contributed by atoms with E-state index in [1.165, 1.54) is 16.7 Å². The molecule has 0 fully saturated rings. The van der Waals surface area contributed by atoms with Crippen LogP contribution in [0.3, 0.4) is 0 Å². The summed E-state index contributed by atoms with van der Waals surface area (Å²) >= 11 is 0. The van der Waals surface area contributed by atoms with Crippen LogP contribution in [0.25, 0.3) is 0 Å². The Morgan fingerprint density at radius 2 is 1.86 bits per heavy atom. The zero-order valence-corrected chi connectivity index (χ0v) is 13.7. The predicted octanol–water partition coefficient (Wildman–Crippen LogP) is 4.22. The Morgan fingerprint density at radius 1 is 1.14 bits per heavy atom. The van der Waals surface area contributed by atoms with Crippen molar-refractivity contribution < 1.29 is 9.13 Å². The van der Waals surface area contributed by atoms with Gasteiger partial charge in [0.1, 0.15) is 11.6 Å². The maximum atomic E-state index is 13.2. The molecule has 1 atom stereocenters. The van der Waals surface area contributed by atoms with Crippen LogP contribution in [0.5, 0.6) is 5.75 Å². The first-order chi connectivity index (χ1) is 10.2. The van der Waals surface area contributed by atoms with Gasteiger partial charge in [-0.1, -0.05) is 18.2 Å². The Kier molecular flexibility index (Phi) is 5.43. The van der Waals surface area contributed by atoms with E-state index in [4.69, 9.17) is 4.74 Å². The molecule has 3 rings (SSSR count). The van der Waals surface area contributed by atoms with E-state index in [0.717, 1.165) is 25.3 Å². The van der Waals surface area contributed by atoms with Gasteiger partial charge in [0.25, 0.3) is 0 Å². The minimum absolute atomic E-state index is 0. The summed E-state index contributed by atoms with van der Waals surface area (Å²) in [4.78, 5) is 2.32. The number of rotatable bonds is 2. The van der Waals surface area contributed by atoms with Gasteiger partial charge < -0.3 is 9.64 Å². The van der Waals surface area contributed by atoms with Crippen LogP contribution in [0, 0.1) is 5.82 Å². The zero-order valence-electron chi connectivity index (χ0n) is 12.9. The summed E-state index contributed by atoms with van der Waals surface area (Å²) in [6.07, 6.45) is 1.04. The number of halogens is 2. The third-order valence-electron chi connectivity index (χ3n) is 4.24. The lowest BCUT2D eigenvalue weighted by Crippen LogP contribution is -2.17. The van der Waals surface area contributed by atoms with Gasteiger partial charge in [-0.25, -0.2) is 4.39 Å². The fourth-order valence-electron chi connectivity index (χ4n) is 3.10. The summed E-state index contributed by atoms with van der Waals surface area (Å²) in [5, 5.41) is 0. The van der Waals surface area contributed by atoms with Gasteiger partial charge in [0.15, 0.2) is 0 Å². The molecule has 0 N–H and O–H groups in total. The summed E-state index contributed by atoms with van der Waals surface area (Å²) in [5.41, 5.74) is 3.80. The van der Waals surface area contributed by atoms with Gasteiger partial charge in [0.2, 0.25) is 0 Å². The van der Waals surface area contributed by atoms with Crippen LogP contribution >= 0.6 is 12.4 Å². The van der Waals surface area contributed by atoms with Crippen LogP contribution in [0.4, 0.5) is 4.39 Å². The van der Waals surface area contributed by atoms with Gasteiger partial charge in [0, 0.05) is 12.5 Å². The Hall–Kier alpha value is -1.58. The monoisotopic (exact) mass is 321 g/mol. The smallest absolute Gasteiger partial charge is 0.123 e. The molecule has 0 saturated carbocycles. The van der Waals surface area contributed by atoms with Crippen molar-refractivity contribution in [2.45, 2.75) is 18.9 Å². The van der Waals surface area contributed by atoms with Gasteiger partial charge in [-0.3, -0.25) is 0 Å². The summed E-state index contributed by atoms with van der Waals surface area (Å²) in [5.74, 6) is 1.03. The highest BCUT2D eigenvalue weighted by atomic mass is 35.5. The molecule has 0 amide bonds. The van der Waals surface area contributed by atoms with E-state index in [2.05, 4.69) is 24.1 Å². The summed E-state index contributed by atoms with van der Waals surface area (Å²) in [7, 11) is 3.83. The van der Waals surface area contributed by atoms with E-state index in [-0.39, 0.29) is 18.2 Å². The van der Waals surface area contributed by atoms with E-state index in [1.807, 2.05) is 18.2 Å². The highest BCUT2D eigenvalue weighted by Crippen LogP contribution is 2.35. The average Bonchev–Trinajstić information content (AvgIpc) is 2.65. The molecule has 0 aliphatic carbocycles. The molecule has 118 valence electrons. The maximum absolute atomic E-state index is 13.2. The van der Waals surface area contributed by atoms with Crippen LogP contribution < -0.4 is 4.74 Å². The van der Waals surface area contributed by atoms with E-state index in [9.17, 15) is 4.39 Å². The molecule has 0 bridgehead atoms. The molecule has 0 saturated heterocycles. The highest BCUT2D eigenvalue weighted by molar-refractivity contribution is 5.85. The SMILES string of the molecule is COc1ccc2c(c1)CN(C)CCC2c1ccc(F)cc1.Cl. The predicted molar refractivity (Wildman–Crippen MR) is 89.4 cm³/mol. The normalized spacial score (nSPS) is 18.0. The van der Waals surface area contributed by atoms with Crippen molar-refractivity contribution in [2.24, 2.45) is 0 Å². The molecule has 4 heteroatoms. The molecule has 2 aromatic rings. The van der Waals surface area contributed by atoms with Gasteiger partial charge >= 0.3 is 0 Å². The van der Waals surface area contributed by atoms with Crippen molar-refractivity contribution in [1.29, 1.82) is 0 Å². The molecule has 1 aliphatic rings. The van der Waals surface area contributed by atoms with Crippen molar-refractivity contribution in [2.75, 3.05) is 20.7 Å². The van der Waals surface area contributed by atoms with Gasteiger partial charge in [-0.05, 0) is 61.0 Å². The fraction of sp³-hybridized carbons (Fsp3) is 0.333. The summed E-state index contributed by atoms with van der Waals surface area (Å²) in [6, 6.07) is 13.2. The van der Waals surface area contributed by atoms with E-state index < -0.39 is 0 Å². The first-order valence-electron chi connectivity index (χ1n) is 7.28. The molecule has 1 unspecified atom stereocenters. The van der Waals surface area contributed by atoms with Gasteiger partial charge in [-0.15, -0.1) is 12.4 Å². The molecule has 0 radical (unpaired) electrons. The molecule has 0 spiro atoms. The Bertz CT molecular complexity index is 629. The second-order valence-corrected chi connectivity index (χ2v) is 5.70. The lowest BCUT2D eigenvalue weighted by molar-refractivity contribution is 0.327. The van der Waals surface area contributed by atoms with Crippen molar-refractivity contribution >= 4 is 12.4 Å². The van der Waals surface area contributed by atoms with Gasteiger partial charge in [0.05, 0.1) is 7.11 Å². The van der Waals surface area contributed by atoms with Crippen LogP contribution in [0.1, 0.15) is 29.0 Å². The lowest BCUT2D eigenvalue weighted by atomic mass is 9.86. The minimum atomic E-state index is -0.181. The lowest BCUT2D eigenvalue weighted by Gasteiger charge is -2.18. The van der Waals surface area contributed by atoms with Crippen LogP contribution in [-0.2, 0) is 6.54 Å². The number of hydrogen-bond acceptors (Lipinski definition) is 2. The van der Waals surface area contributed by atoms with Crippen molar-refractivity contribution in [1.82, 2.24) is 4.90 Å². The molecular formula is C18H21ClFNO. The first kappa shape index (κ1) is 16.8. The number of hydrogen-bond donors (Lipinski definition) is 0. The van der Waals surface area contributed by atoms with E-state index in [0.29, 0.717) is 5.92 Å². The quantitative estimate of drug-likeness (QED) is 0.821. The zero-order chi connectivity index (χ0) is 14.8. The molecule has 2 aromatic carbocycles. The Balaban J connectivity index is 0.00000176. The topological polar surface area (TPSA) is 12.5 Å². The van der Waals surface area contributed by atoms with Crippen LogP contribution in [0.2, 0.25) is 0 Å². The first-order valence-corrected chi connectivity index (χ1v) is 7.28. The largest absolute Gasteiger partial charge is 0.497 e. The van der Waals surface area contributed by atoms with Crippen LogP contribution in [0.15, 0.2) is 42.5 Å². The molecule has 0 aromatic heterocycles. The highest BCUT2D eigenvalue weighted by Gasteiger charge is 2.22. The number of nitrogens with zero attached hydrogens (tertiary/aromatic N) is 1. The fourth-order valence-corrected chi connectivity index (χ4v) is 3.10. The third-order valence-corrected chi connectivity index (χ3v) is 4.24. The van der Waals surface area contributed by atoms with E-state index >= 15 is 0 Å². The number of benzene rings is 2. The number of fused-ring (bicyclic) bond motifs is 1. The second kappa shape index (κ2) is 7.12. The van der Waals surface area contributed by atoms with Gasteiger partial charge in [-0.2, -0.15) is 0 Å². The summed E-state index contributed by atoms with van der Waals surface area (Å²) in [6.45, 7) is 1.95. The average molecular weight is 322 g/mol. The van der Waals surface area contributed by atoms with Crippen LogP contribution in [-0.4, -0.2) is 25.6 Å².